The van der Waals surface area contributed by atoms with E-state index < -0.39 is 35.2 Å². The summed E-state index contributed by atoms with van der Waals surface area (Å²) in [6, 6.07) is 5.69. The van der Waals surface area contributed by atoms with Crippen LogP contribution in [0, 0.1) is 5.82 Å². The van der Waals surface area contributed by atoms with Crippen LogP contribution in [0.25, 0.3) is 16.9 Å². The predicted molar refractivity (Wildman–Crippen MR) is 108 cm³/mol. The summed E-state index contributed by atoms with van der Waals surface area (Å²) in [6.07, 6.45) is -4.10. The van der Waals surface area contributed by atoms with Crippen molar-refractivity contribution >= 4 is 17.6 Å². The number of hydrogen-bond acceptors (Lipinski definition) is 5. The quantitative estimate of drug-likeness (QED) is 0.554. The lowest BCUT2D eigenvalue weighted by atomic mass is 10.1. The molecule has 0 N–H and O–H groups in total. The van der Waals surface area contributed by atoms with Gasteiger partial charge in [0.25, 0.3) is 5.91 Å². The number of amides is 2. The molecule has 0 bridgehead atoms. The van der Waals surface area contributed by atoms with Crippen molar-refractivity contribution in [3.63, 3.8) is 0 Å². The summed E-state index contributed by atoms with van der Waals surface area (Å²) in [5.41, 5.74) is -1.55. The third-order valence-corrected chi connectivity index (χ3v) is 5.18. The van der Waals surface area contributed by atoms with E-state index in [1.807, 2.05) is 0 Å². The fourth-order valence-corrected chi connectivity index (χ4v) is 3.52. The van der Waals surface area contributed by atoms with Crippen LogP contribution >= 0.6 is 0 Å². The maximum atomic E-state index is 13.7. The zero-order valence-electron chi connectivity index (χ0n) is 17.5. The van der Waals surface area contributed by atoms with Gasteiger partial charge in [-0.3, -0.25) is 4.79 Å². The molecule has 12 heteroatoms. The van der Waals surface area contributed by atoms with E-state index in [2.05, 4.69) is 10.1 Å². The van der Waals surface area contributed by atoms with E-state index >= 15 is 0 Å². The number of nitrogens with zero attached hydrogens (tertiary/aromatic N) is 5. The van der Waals surface area contributed by atoms with Crippen LogP contribution in [0.1, 0.15) is 23.0 Å². The Bertz CT molecular complexity index is 1190. The van der Waals surface area contributed by atoms with Crippen molar-refractivity contribution in [1.82, 2.24) is 24.4 Å². The lowest BCUT2D eigenvalue weighted by molar-refractivity contribution is -0.136. The molecule has 0 radical (unpaired) electrons. The average molecular weight is 465 g/mol. The van der Waals surface area contributed by atoms with Gasteiger partial charge in [0.1, 0.15) is 17.1 Å². The van der Waals surface area contributed by atoms with E-state index in [1.54, 1.807) is 6.92 Å². The molecule has 4 rings (SSSR count). The molecule has 0 atom stereocenters. The van der Waals surface area contributed by atoms with Gasteiger partial charge >= 0.3 is 12.3 Å². The highest BCUT2D eigenvalue weighted by atomic mass is 19.4. The molecule has 0 unspecified atom stereocenters. The Morgan fingerprint density at radius 2 is 1.70 bits per heavy atom. The second kappa shape index (κ2) is 8.68. The largest absolute Gasteiger partial charge is 0.450 e. The Balaban J connectivity index is 1.64. The number of halogens is 4. The molecule has 1 aliphatic heterocycles. The van der Waals surface area contributed by atoms with Crippen LogP contribution in [-0.4, -0.2) is 69.2 Å². The number of aromatic nitrogens is 3. The number of rotatable bonds is 3. The topological polar surface area (TPSA) is 80.0 Å². The van der Waals surface area contributed by atoms with Crippen LogP contribution < -0.4 is 0 Å². The first-order chi connectivity index (χ1) is 15.7. The van der Waals surface area contributed by atoms with Crippen LogP contribution in [-0.2, 0) is 10.9 Å². The highest BCUT2D eigenvalue weighted by molar-refractivity contribution is 5.93. The van der Waals surface area contributed by atoms with Crippen LogP contribution in [0.2, 0.25) is 0 Å². The molecule has 0 aliphatic carbocycles. The van der Waals surface area contributed by atoms with E-state index in [9.17, 15) is 27.2 Å². The van der Waals surface area contributed by atoms with Crippen molar-refractivity contribution in [2.24, 2.45) is 0 Å². The van der Waals surface area contributed by atoms with Crippen LogP contribution in [0.15, 0.2) is 36.5 Å². The Morgan fingerprint density at radius 3 is 2.30 bits per heavy atom. The molecule has 2 amide bonds. The Kier molecular flexibility index (Phi) is 5.91. The summed E-state index contributed by atoms with van der Waals surface area (Å²) in [5.74, 6) is -1.10. The number of piperazine rings is 1. The molecule has 1 aromatic carbocycles. The van der Waals surface area contributed by atoms with Gasteiger partial charge in [0.2, 0.25) is 0 Å². The highest BCUT2D eigenvalue weighted by Gasteiger charge is 2.36. The van der Waals surface area contributed by atoms with Gasteiger partial charge < -0.3 is 14.5 Å². The third-order valence-electron chi connectivity index (χ3n) is 5.18. The average Bonchev–Trinajstić information content (AvgIpc) is 3.22. The summed E-state index contributed by atoms with van der Waals surface area (Å²) in [5, 5.41) is 4.14. The molecule has 8 nitrogen and oxygen atoms in total. The summed E-state index contributed by atoms with van der Waals surface area (Å²) in [4.78, 5) is 31.5. The number of carbonyl (C=O) groups is 2. The number of fused-ring (bicyclic) bond motifs is 1. The van der Waals surface area contributed by atoms with E-state index in [1.165, 1.54) is 21.9 Å². The lowest BCUT2D eigenvalue weighted by Gasteiger charge is -2.33. The molecule has 2 aromatic heterocycles. The zero-order chi connectivity index (χ0) is 23.8. The first-order valence-corrected chi connectivity index (χ1v) is 10.1. The molecular weight excluding hydrogens is 446 g/mol. The van der Waals surface area contributed by atoms with Gasteiger partial charge in [0.05, 0.1) is 18.5 Å². The van der Waals surface area contributed by atoms with E-state index in [0.717, 1.165) is 28.9 Å². The summed E-state index contributed by atoms with van der Waals surface area (Å²) in [6.45, 7) is 2.76. The molecule has 3 heterocycles. The van der Waals surface area contributed by atoms with Crippen molar-refractivity contribution in [2.75, 3.05) is 32.8 Å². The minimum atomic E-state index is -4.75. The number of ether oxygens (including phenoxy) is 1. The van der Waals surface area contributed by atoms with Crippen LogP contribution in [0.4, 0.5) is 22.4 Å². The van der Waals surface area contributed by atoms with Crippen LogP contribution in [0.5, 0.6) is 0 Å². The van der Waals surface area contributed by atoms with Crippen molar-refractivity contribution in [2.45, 2.75) is 13.1 Å². The van der Waals surface area contributed by atoms with Crippen molar-refractivity contribution in [3.8, 4) is 11.3 Å². The van der Waals surface area contributed by atoms with Crippen molar-refractivity contribution in [1.29, 1.82) is 0 Å². The Hall–Kier alpha value is -3.70. The maximum absolute atomic E-state index is 13.7. The van der Waals surface area contributed by atoms with E-state index in [4.69, 9.17) is 4.74 Å². The van der Waals surface area contributed by atoms with Crippen LogP contribution in [0.3, 0.4) is 0 Å². The van der Waals surface area contributed by atoms with Crippen molar-refractivity contribution in [3.05, 3.63) is 53.6 Å². The monoisotopic (exact) mass is 465 g/mol. The molecule has 0 saturated carbocycles. The molecule has 1 fully saturated rings. The van der Waals surface area contributed by atoms with E-state index in [0.29, 0.717) is 0 Å². The fraction of sp³-hybridized carbons (Fsp3) is 0.333. The molecule has 174 valence electrons. The minimum Gasteiger partial charge on any atom is -0.450 e. The number of imidazole rings is 1. The molecule has 1 saturated heterocycles. The first-order valence-electron chi connectivity index (χ1n) is 10.1. The van der Waals surface area contributed by atoms with Gasteiger partial charge in [-0.1, -0.05) is 0 Å². The van der Waals surface area contributed by atoms with Gasteiger partial charge in [-0.05, 0) is 37.3 Å². The predicted octanol–water partition coefficient (Wildman–Crippen LogP) is 3.47. The number of hydrogen-bond donors (Lipinski definition) is 0. The van der Waals surface area contributed by atoms with Gasteiger partial charge in [0.15, 0.2) is 5.65 Å². The second-order valence-electron chi connectivity index (χ2n) is 7.32. The third kappa shape index (κ3) is 4.59. The van der Waals surface area contributed by atoms with E-state index in [-0.39, 0.29) is 49.7 Å². The SMILES string of the molecule is CCOC(=O)N1CCN(C(=O)c2cn3nc(-c4ccc(F)cc4)cc(C(F)(F)F)c3n2)CC1. The smallest absolute Gasteiger partial charge is 0.420 e. The molecule has 0 spiro atoms. The van der Waals surface area contributed by atoms with Gasteiger partial charge in [-0.25, -0.2) is 18.7 Å². The fourth-order valence-electron chi connectivity index (χ4n) is 3.52. The minimum absolute atomic E-state index is 0.0470. The van der Waals surface area contributed by atoms with Gasteiger partial charge in [-0.2, -0.15) is 18.3 Å². The molecule has 3 aromatic rings. The summed E-state index contributed by atoms with van der Waals surface area (Å²) < 4.78 is 60.3. The summed E-state index contributed by atoms with van der Waals surface area (Å²) in [7, 11) is 0. The number of benzene rings is 1. The molecule has 33 heavy (non-hydrogen) atoms. The summed E-state index contributed by atoms with van der Waals surface area (Å²) >= 11 is 0. The van der Waals surface area contributed by atoms with Gasteiger partial charge in [-0.15, -0.1) is 0 Å². The second-order valence-corrected chi connectivity index (χ2v) is 7.32. The lowest BCUT2D eigenvalue weighted by Crippen LogP contribution is -2.50. The molecular formula is C21H19F4N5O3. The number of carbonyl (C=O) groups excluding carboxylic acids is 2. The normalized spacial score (nSPS) is 14.6. The maximum Gasteiger partial charge on any atom is 0.420 e. The number of alkyl halides is 3. The van der Waals surface area contributed by atoms with Gasteiger partial charge in [0, 0.05) is 31.7 Å². The molecule has 1 aliphatic rings. The first kappa shape index (κ1) is 22.5. The standard InChI is InChI=1S/C21H19F4N5O3/c1-2-33-20(32)29-9-7-28(8-10-29)19(31)17-12-30-18(26-17)15(21(23,24)25)11-16(27-30)13-3-5-14(22)6-4-13/h3-6,11-12H,2,7-10H2,1H3. The Labute approximate surface area is 185 Å². The van der Waals surface area contributed by atoms with Crippen molar-refractivity contribution < 1.29 is 31.9 Å². The Morgan fingerprint density at radius 1 is 1.06 bits per heavy atom. The zero-order valence-corrected chi connectivity index (χ0v) is 17.5. The highest BCUT2D eigenvalue weighted by Crippen LogP contribution is 2.34.